The lowest BCUT2D eigenvalue weighted by Gasteiger charge is -2.07. The molecule has 0 fully saturated rings. The van der Waals surface area contributed by atoms with E-state index in [9.17, 15) is 14.0 Å². The maximum atomic E-state index is 13.0. The summed E-state index contributed by atoms with van der Waals surface area (Å²) in [6.45, 7) is 0.226. The standard InChI is InChI=1S/C18H17FN2O4/c1-21-15-6-5-12(9-16(15)25-18(21)23)7-8-20-17(22)11-24-14-4-2-3-13(19)10-14/h2-6,9-10H,7-8,11H2,1H3,(H,20,22). The molecule has 25 heavy (non-hydrogen) atoms. The number of nitrogens with zero attached hydrogens (tertiary/aromatic N) is 1. The SMILES string of the molecule is Cn1c(=O)oc2cc(CCNC(=O)COc3cccc(F)c3)ccc21. The van der Waals surface area contributed by atoms with Gasteiger partial charge in [0.25, 0.3) is 5.91 Å². The van der Waals surface area contributed by atoms with Crippen molar-refractivity contribution in [3.8, 4) is 5.75 Å². The van der Waals surface area contributed by atoms with E-state index in [-0.39, 0.29) is 12.5 Å². The van der Waals surface area contributed by atoms with Gasteiger partial charge in [-0.1, -0.05) is 12.1 Å². The minimum absolute atomic E-state index is 0.184. The number of carbonyl (C=O) groups is 1. The Morgan fingerprint density at radius 1 is 1.28 bits per heavy atom. The number of hydrogen-bond acceptors (Lipinski definition) is 4. The van der Waals surface area contributed by atoms with Gasteiger partial charge in [-0.3, -0.25) is 9.36 Å². The van der Waals surface area contributed by atoms with Crippen LogP contribution in [0.1, 0.15) is 5.56 Å². The molecule has 0 unspecified atom stereocenters. The largest absolute Gasteiger partial charge is 0.484 e. The Morgan fingerprint density at radius 3 is 2.92 bits per heavy atom. The minimum Gasteiger partial charge on any atom is -0.484 e. The van der Waals surface area contributed by atoms with Gasteiger partial charge in [0.2, 0.25) is 0 Å². The molecule has 3 rings (SSSR count). The molecule has 0 spiro atoms. The molecule has 0 aliphatic heterocycles. The fraction of sp³-hybridized carbons (Fsp3) is 0.222. The van der Waals surface area contributed by atoms with Crippen molar-refractivity contribution in [2.45, 2.75) is 6.42 Å². The number of oxazole rings is 1. The summed E-state index contributed by atoms with van der Waals surface area (Å²) in [5, 5.41) is 2.73. The van der Waals surface area contributed by atoms with E-state index in [0.717, 1.165) is 11.1 Å². The number of carbonyl (C=O) groups excluding carboxylic acids is 1. The fourth-order valence-corrected chi connectivity index (χ4v) is 2.44. The van der Waals surface area contributed by atoms with Gasteiger partial charge < -0.3 is 14.5 Å². The smallest absolute Gasteiger partial charge is 0.419 e. The lowest BCUT2D eigenvalue weighted by molar-refractivity contribution is -0.123. The van der Waals surface area contributed by atoms with Crippen LogP contribution < -0.4 is 15.8 Å². The number of rotatable bonds is 6. The Kier molecular flexibility index (Phi) is 4.83. The Hall–Kier alpha value is -3.09. The highest BCUT2D eigenvalue weighted by Gasteiger charge is 2.07. The summed E-state index contributed by atoms with van der Waals surface area (Å²) in [6.07, 6.45) is 0.584. The van der Waals surface area contributed by atoms with Crippen LogP contribution in [0, 0.1) is 5.82 Å². The average molecular weight is 344 g/mol. The molecule has 0 saturated carbocycles. The van der Waals surface area contributed by atoms with Crippen molar-refractivity contribution in [1.82, 2.24) is 9.88 Å². The number of ether oxygens (including phenoxy) is 1. The van der Waals surface area contributed by atoms with Gasteiger partial charge >= 0.3 is 5.76 Å². The third-order valence-electron chi connectivity index (χ3n) is 3.76. The summed E-state index contributed by atoms with van der Waals surface area (Å²) in [4.78, 5) is 23.2. The van der Waals surface area contributed by atoms with E-state index >= 15 is 0 Å². The van der Waals surface area contributed by atoms with Gasteiger partial charge in [0, 0.05) is 19.7 Å². The molecule has 0 atom stereocenters. The highest BCUT2D eigenvalue weighted by Crippen LogP contribution is 2.14. The lowest BCUT2D eigenvalue weighted by Crippen LogP contribution is -2.30. The zero-order valence-electron chi connectivity index (χ0n) is 13.6. The van der Waals surface area contributed by atoms with Gasteiger partial charge in [0.15, 0.2) is 12.2 Å². The first-order valence-corrected chi connectivity index (χ1v) is 7.76. The van der Waals surface area contributed by atoms with Gasteiger partial charge in [-0.2, -0.15) is 0 Å². The molecule has 0 aliphatic carbocycles. The topological polar surface area (TPSA) is 73.5 Å². The van der Waals surface area contributed by atoms with E-state index < -0.39 is 11.6 Å². The maximum Gasteiger partial charge on any atom is 0.419 e. The van der Waals surface area contributed by atoms with Crippen LogP contribution in [-0.2, 0) is 18.3 Å². The highest BCUT2D eigenvalue weighted by molar-refractivity contribution is 5.77. The predicted molar refractivity (Wildman–Crippen MR) is 90.1 cm³/mol. The van der Waals surface area contributed by atoms with Crippen molar-refractivity contribution in [1.29, 1.82) is 0 Å². The Balaban J connectivity index is 1.49. The Morgan fingerprint density at radius 2 is 2.12 bits per heavy atom. The number of hydrogen-bond donors (Lipinski definition) is 1. The molecule has 1 N–H and O–H groups in total. The van der Waals surface area contributed by atoms with E-state index in [4.69, 9.17) is 9.15 Å². The van der Waals surface area contributed by atoms with Crippen molar-refractivity contribution in [2.75, 3.05) is 13.2 Å². The Bertz CT molecular complexity index is 961. The summed E-state index contributed by atoms with van der Waals surface area (Å²) in [6, 6.07) is 11.1. The molecule has 1 amide bonds. The second-order valence-corrected chi connectivity index (χ2v) is 5.58. The molecule has 2 aromatic carbocycles. The number of halogens is 1. The summed E-state index contributed by atoms with van der Waals surface area (Å²) < 4.78 is 24.8. The zero-order valence-corrected chi connectivity index (χ0v) is 13.6. The number of benzene rings is 2. The van der Waals surface area contributed by atoms with Crippen molar-refractivity contribution in [3.63, 3.8) is 0 Å². The molecule has 3 aromatic rings. The van der Waals surface area contributed by atoms with Gasteiger partial charge in [-0.05, 0) is 36.2 Å². The molecule has 1 aromatic heterocycles. The number of amides is 1. The highest BCUT2D eigenvalue weighted by atomic mass is 19.1. The molecule has 0 bridgehead atoms. The normalized spacial score (nSPS) is 10.8. The third kappa shape index (κ3) is 4.06. The van der Waals surface area contributed by atoms with E-state index in [0.29, 0.717) is 24.3 Å². The van der Waals surface area contributed by atoms with Crippen LogP contribution in [0.2, 0.25) is 0 Å². The quantitative estimate of drug-likeness (QED) is 0.742. The Labute approximate surface area is 142 Å². The van der Waals surface area contributed by atoms with Crippen molar-refractivity contribution < 1.29 is 18.3 Å². The maximum absolute atomic E-state index is 13.0. The molecule has 130 valence electrons. The van der Waals surface area contributed by atoms with E-state index in [1.165, 1.54) is 22.8 Å². The van der Waals surface area contributed by atoms with Crippen LogP contribution in [0.4, 0.5) is 4.39 Å². The number of aromatic nitrogens is 1. The molecule has 1 heterocycles. The van der Waals surface area contributed by atoms with E-state index in [1.807, 2.05) is 12.1 Å². The summed E-state index contributed by atoms with van der Waals surface area (Å²) in [5.41, 5.74) is 2.18. The van der Waals surface area contributed by atoms with Crippen LogP contribution in [-0.4, -0.2) is 23.6 Å². The first kappa shape index (κ1) is 16.8. The lowest BCUT2D eigenvalue weighted by atomic mass is 10.1. The van der Waals surface area contributed by atoms with Gasteiger partial charge in [0.1, 0.15) is 11.6 Å². The molecule has 6 nitrogen and oxygen atoms in total. The van der Waals surface area contributed by atoms with Gasteiger partial charge in [-0.15, -0.1) is 0 Å². The molecule has 0 aliphatic rings. The minimum atomic E-state index is -0.416. The van der Waals surface area contributed by atoms with Crippen molar-refractivity contribution >= 4 is 17.0 Å². The summed E-state index contributed by atoms with van der Waals surface area (Å²) >= 11 is 0. The van der Waals surface area contributed by atoms with E-state index in [1.54, 1.807) is 19.2 Å². The molecule has 0 saturated heterocycles. The van der Waals surface area contributed by atoms with Crippen LogP contribution in [0.25, 0.3) is 11.1 Å². The van der Waals surface area contributed by atoms with Crippen LogP contribution in [0.5, 0.6) is 5.75 Å². The van der Waals surface area contributed by atoms with Crippen molar-refractivity contribution in [3.05, 3.63) is 64.4 Å². The van der Waals surface area contributed by atoms with Crippen LogP contribution >= 0.6 is 0 Å². The summed E-state index contributed by atoms with van der Waals surface area (Å²) in [5.74, 6) is -0.813. The van der Waals surface area contributed by atoms with Crippen LogP contribution in [0.3, 0.4) is 0 Å². The monoisotopic (exact) mass is 344 g/mol. The van der Waals surface area contributed by atoms with Crippen molar-refractivity contribution in [2.24, 2.45) is 7.05 Å². The molecule has 0 radical (unpaired) electrons. The van der Waals surface area contributed by atoms with Gasteiger partial charge in [0.05, 0.1) is 5.52 Å². The average Bonchev–Trinajstić information content (AvgIpc) is 2.87. The van der Waals surface area contributed by atoms with E-state index in [2.05, 4.69) is 5.32 Å². The number of fused-ring (bicyclic) bond motifs is 1. The molecular weight excluding hydrogens is 327 g/mol. The number of aryl methyl sites for hydroxylation is 1. The summed E-state index contributed by atoms with van der Waals surface area (Å²) in [7, 11) is 1.65. The molecular formula is C18H17FN2O4. The van der Waals surface area contributed by atoms with Crippen LogP contribution in [0.15, 0.2) is 51.7 Å². The zero-order chi connectivity index (χ0) is 17.8. The second-order valence-electron chi connectivity index (χ2n) is 5.58. The first-order chi connectivity index (χ1) is 12.0. The third-order valence-corrected chi connectivity index (χ3v) is 3.76. The first-order valence-electron chi connectivity index (χ1n) is 7.76. The number of nitrogens with one attached hydrogen (secondary N) is 1. The predicted octanol–water partition coefficient (Wildman–Crippen LogP) is 2.01. The fourth-order valence-electron chi connectivity index (χ4n) is 2.44. The second kappa shape index (κ2) is 7.21. The van der Waals surface area contributed by atoms with Gasteiger partial charge in [-0.25, -0.2) is 9.18 Å². The molecule has 7 heteroatoms.